The second-order valence-electron chi connectivity index (χ2n) is 7.17. The van der Waals surface area contributed by atoms with Crippen LogP contribution in [0, 0.1) is 0 Å². The van der Waals surface area contributed by atoms with Crippen LogP contribution < -0.4 is 10.5 Å². The maximum absolute atomic E-state index is 13.3. The molecule has 2 heterocycles. The molecule has 0 aliphatic heterocycles. The molecule has 0 saturated heterocycles. The van der Waals surface area contributed by atoms with Gasteiger partial charge in [-0.25, -0.2) is 4.68 Å². The first-order valence-electron chi connectivity index (χ1n) is 10.1. The van der Waals surface area contributed by atoms with Crippen LogP contribution in [-0.4, -0.2) is 26.8 Å². The van der Waals surface area contributed by atoms with Crippen LogP contribution in [0.5, 0.6) is 0 Å². The first-order valence-corrected chi connectivity index (χ1v) is 10.1. The molecule has 0 spiro atoms. The van der Waals surface area contributed by atoms with Crippen LogP contribution in [0.2, 0.25) is 0 Å². The molecule has 6 heteroatoms. The van der Waals surface area contributed by atoms with Gasteiger partial charge in [0.25, 0.3) is 5.56 Å². The van der Waals surface area contributed by atoms with Gasteiger partial charge in [0.2, 0.25) is 5.91 Å². The van der Waals surface area contributed by atoms with Gasteiger partial charge in [-0.05, 0) is 24.6 Å². The third kappa shape index (κ3) is 3.41. The highest BCUT2D eigenvalue weighted by Gasteiger charge is 2.19. The van der Waals surface area contributed by atoms with Gasteiger partial charge in [-0.3, -0.25) is 9.59 Å². The van der Waals surface area contributed by atoms with Crippen molar-refractivity contribution in [2.45, 2.75) is 26.4 Å². The summed E-state index contributed by atoms with van der Waals surface area (Å²) < 4.78 is 3.29. The van der Waals surface area contributed by atoms with Crippen molar-refractivity contribution in [3.8, 4) is 0 Å². The molecule has 0 bridgehead atoms. The number of hydrogen-bond donors (Lipinski definition) is 0. The van der Waals surface area contributed by atoms with Gasteiger partial charge < -0.3 is 9.47 Å². The maximum atomic E-state index is 13.3. The van der Waals surface area contributed by atoms with Crippen LogP contribution >= 0.6 is 0 Å². The number of aryl methyl sites for hydroxylation is 1. The second kappa shape index (κ2) is 8.37. The van der Waals surface area contributed by atoms with E-state index in [1.165, 1.54) is 4.68 Å². The molecule has 2 aromatic heterocycles. The van der Waals surface area contributed by atoms with Crippen LogP contribution in [0.3, 0.4) is 0 Å². The van der Waals surface area contributed by atoms with Crippen molar-refractivity contribution in [3.63, 3.8) is 0 Å². The summed E-state index contributed by atoms with van der Waals surface area (Å²) in [4.78, 5) is 28.0. The summed E-state index contributed by atoms with van der Waals surface area (Å²) in [5.74, 6) is -0.215. The average Bonchev–Trinajstić information content (AvgIpc) is 3.09. The SMILES string of the molecule is C=CCN(C(=O)Cn1ncc2c3ccccc3n(CCC)c2c1=O)c1ccccc1. The first kappa shape index (κ1) is 19.6. The first-order chi connectivity index (χ1) is 14.7. The Morgan fingerprint density at radius 3 is 2.57 bits per heavy atom. The number of carbonyl (C=O) groups excluding carboxylic acids is 1. The maximum Gasteiger partial charge on any atom is 0.291 e. The molecule has 0 atom stereocenters. The summed E-state index contributed by atoms with van der Waals surface area (Å²) in [5, 5.41) is 6.14. The van der Waals surface area contributed by atoms with Crippen molar-refractivity contribution < 1.29 is 4.79 Å². The molecule has 0 N–H and O–H groups in total. The Morgan fingerprint density at radius 2 is 1.83 bits per heavy atom. The molecule has 2 aromatic carbocycles. The highest BCUT2D eigenvalue weighted by Crippen LogP contribution is 2.26. The fourth-order valence-electron chi connectivity index (χ4n) is 3.86. The van der Waals surface area contributed by atoms with Gasteiger partial charge in [0.15, 0.2) is 0 Å². The van der Waals surface area contributed by atoms with Crippen molar-refractivity contribution in [2.75, 3.05) is 11.4 Å². The molecule has 0 aliphatic rings. The zero-order chi connectivity index (χ0) is 21.1. The van der Waals surface area contributed by atoms with Crippen LogP contribution in [0.4, 0.5) is 5.69 Å². The Balaban J connectivity index is 1.78. The molecule has 6 nitrogen and oxygen atoms in total. The van der Waals surface area contributed by atoms with Crippen molar-refractivity contribution >= 4 is 33.4 Å². The molecule has 0 aliphatic carbocycles. The topological polar surface area (TPSA) is 60.1 Å². The molecule has 0 fully saturated rings. The van der Waals surface area contributed by atoms with Gasteiger partial charge in [0, 0.05) is 35.1 Å². The van der Waals surface area contributed by atoms with Gasteiger partial charge in [0.05, 0.1) is 6.20 Å². The largest absolute Gasteiger partial charge is 0.336 e. The van der Waals surface area contributed by atoms with Crippen molar-refractivity contribution in [2.24, 2.45) is 0 Å². The number of carbonyl (C=O) groups is 1. The highest BCUT2D eigenvalue weighted by atomic mass is 16.2. The molecular formula is C24H24N4O2. The van der Waals surface area contributed by atoms with E-state index in [0.717, 1.165) is 34.9 Å². The minimum atomic E-state index is -0.253. The third-order valence-corrected chi connectivity index (χ3v) is 5.19. The molecule has 152 valence electrons. The summed E-state index contributed by atoms with van der Waals surface area (Å²) in [6, 6.07) is 17.3. The Labute approximate surface area is 174 Å². The molecule has 4 aromatic rings. The van der Waals surface area contributed by atoms with E-state index in [1.54, 1.807) is 17.2 Å². The van der Waals surface area contributed by atoms with Crippen LogP contribution in [0.15, 0.2) is 78.2 Å². The average molecular weight is 400 g/mol. The van der Waals surface area contributed by atoms with Crippen molar-refractivity contribution in [1.82, 2.24) is 14.3 Å². The van der Waals surface area contributed by atoms with E-state index in [0.29, 0.717) is 12.1 Å². The zero-order valence-electron chi connectivity index (χ0n) is 17.0. The van der Waals surface area contributed by atoms with Gasteiger partial charge in [-0.1, -0.05) is 49.4 Å². The fourth-order valence-corrected chi connectivity index (χ4v) is 3.86. The lowest BCUT2D eigenvalue weighted by Crippen LogP contribution is -2.37. The van der Waals surface area contributed by atoms with Crippen LogP contribution in [-0.2, 0) is 17.9 Å². The normalized spacial score (nSPS) is 11.1. The predicted octanol–water partition coefficient (Wildman–Crippen LogP) is 3.98. The third-order valence-electron chi connectivity index (χ3n) is 5.19. The van der Waals surface area contributed by atoms with E-state index in [1.807, 2.05) is 59.2 Å². The van der Waals surface area contributed by atoms with Gasteiger partial charge in [-0.15, -0.1) is 6.58 Å². The Morgan fingerprint density at radius 1 is 1.10 bits per heavy atom. The molecule has 0 radical (unpaired) electrons. The van der Waals surface area contributed by atoms with E-state index in [9.17, 15) is 9.59 Å². The second-order valence-corrected chi connectivity index (χ2v) is 7.17. The predicted molar refractivity (Wildman–Crippen MR) is 121 cm³/mol. The van der Waals surface area contributed by atoms with Gasteiger partial charge >= 0.3 is 0 Å². The zero-order valence-corrected chi connectivity index (χ0v) is 17.0. The number of benzene rings is 2. The monoisotopic (exact) mass is 400 g/mol. The summed E-state index contributed by atoms with van der Waals surface area (Å²) in [5.41, 5.74) is 2.11. The van der Waals surface area contributed by atoms with Crippen LogP contribution in [0.1, 0.15) is 13.3 Å². The number of fused-ring (bicyclic) bond motifs is 3. The quantitative estimate of drug-likeness (QED) is 0.441. The number of anilines is 1. The number of nitrogens with zero attached hydrogens (tertiary/aromatic N) is 4. The number of amides is 1. The highest BCUT2D eigenvalue weighted by molar-refractivity contribution is 6.07. The smallest absolute Gasteiger partial charge is 0.291 e. The number of hydrogen-bond acceptors (Lipinski definition) is 3. The van der Waals surface area contributed by atoms with Crippen molar-refractivity contribution in [3.05, 3.63) is 83.8 Å². The van der Waals surface area contributed by atoms with E-state index >= 15 is 0 Å². The lowest BCUT2D eigenvalue weighted by molar-refractivity contribution is -0.119. The molecule has 4 rings (SSSR count). The molecule has 30 heavy (non-hydrogen) atoms. The Bertz CT molecular complexity index is 1270. The lowest BCUT2D eigenvalue weighted by atomic mass is 10.2. The molecular weight excluding hydrogens is 376 g/mol. The number of para-hydroxylation sites is 2. The molecule has 0 unspecified atom stereocenters. The van der Waals surface area contributed by atoms with Gasteiger partial charge in [0.1, 0.15) is 12.1 Å². The van der Waals surface area contributed by atoms with E-state index in [-0.39, 0.29) is 18.0 Å². The van der Waals surface area contributed by atoms with E-state index in [2.05, 4.69) is 18.6 Å². The Hall–Kier alpha value is -3.67. The minimum absolute atomic E-state index is 0.134. The van der Waals surface area contributed by atoms with Crippen LogP contribution in [0.25, 0.3) is 21.8 Å². The standard InChI is InChI=1S/C24H24N4O2/c1-3-14-26(18-10-6-5-7-11-18)22(29)17-28-24(30)23-20(16-25-28)19-12-8-9-13-21(19)27(23)15-4-2/h3,5-13,16H,1,4,14-15,17H2,2H3. The number of aromatic nitrogens is 3. The van der Waals surface area contributed by atoms with E-state index in [4.69, 9.17) is 0 Å². The fraction of sp³-hybridized carbons (Fsp3) is 0.208. The molecule has 0 saturated carbocycles. The number of rotatable bonds is 7. The minimum Gasteiger partial charge on any atom is -0.336 e. The molecule has 1 amide bonds. The van der Waals surface area contributed by atoms with Crippen molar-refractivity contribution in [1.29, 1.82) is 0 Å². The van der Waals surface area contributed by atoms with E-state index < -0.39 is 0 Å². The summed E-state index contributed by atoms with van der Waals surface area (Å²) in [7, 11) is 0. The summed E-state index contributed by atoms with van der Waals surface area (Å²) in [6.45, 7) is 6.78. The Kier molecular flexibility index (Phi) is 5.48. The summed E-state index contributed by atoms with van der Waals surface area (Å²) >= 11 is 0. The summed E-state index contributed by atoms with van der Waals surface area (Å²) in [6.07, 6.45) is 4.26. The lowest BCUT2D eigenvalue weighted by Gasteiger charge is -2.21. The van der Waals surface area contributed by atoms with Gasteiger partial charge in [-0.2, -0.15) is 5.10 Å².